The number of thioether (sulfide) groups is 1. The van der Waals surface area contributed by atoms with Crippen LogP contribution in [-0.4, -0.2) is 89.4 Å². The number of nitrogens with zero attached hydrogens (tertiary/aromatic N) is 2. The number of carbonyl (C=O) groups is 1. The van der Waals surface area contributed by atoms with Gasteiger partial charge in [-0.1, -0.05) is 30.9 Å². The number of piperazine rings is 1. The van der Waals surface area contributed by atoms with Gasteiger partial charge in [0.2, 0.25) is 10.0 Å². The number of hydrogen-bond acceptors (Lipinski definition) is 9. The van der Waals surface area contributed by atoms with Gasteiger partial charge in [-0.05, 0) is 36.8 Å². The lowest BCUT2D eigenvalue weighted by molar-refractivity contribution is -0.0435. The van der Waals surface area contributed by atoms with Gasteiger partial charge in [0.1, 0.15) is 11.5 Å². The van der Waals surface area contributed by atoms with Crippen molar-refractivity contribution in [2.24, 2.45) is 5.14 Å². The summed E-state index contributed by atoms with van der Waals surface area (Å²) in [5, 5.41) is 7.96. The van der Waals surface area contributed by atoms with Gasteiger partial charge in [-0.3, -0.25) is 4.90 Å². The predicted octanol–water partition coefficient (Wildman–Crippen LogP) is 3.53. The number of benzene rings is 2. The molecule has 3 rings (SSSR count). The number of halogens is 3. The smallest absolute Gasteiger partial charge is 0.445 e. The zero-order valence-electron chi connectivity index (χ0n) is 21.9. The first-order valence-corrected chi connectivity index (χ1v) is 16.4. The molecule has 2 aromatic rings. The van der Waals surface area contributed by atoms with Gasteiger partial charge in [0.05, 0.1) is 10.6 Å². The third-order valence-corrected chi connectivity index (χ3v) is 9.79. The van der Waals surface area contributed by atoms with E-state index in [9.17, 15) is 34.8 Å². The Bertz CT molecular complexity index is 1420. The molecule has 0 radical (unpaired) electrons. The van der Waals surface area contributed by atoms with Crippen LogP contribution in [0.4, 0.5) is 23.7 Å². The number of hydrogen-bond donors (Lipinski definition) is 2. The number of anilines is 1. The van der Waals surface area contributed by atoms with Gasteiger partial charge < -0.3 is 15.0 Å². The van der Waals surface area contributed by atoms with Crippen molar-refractivity contribution in [3.8, 4) is 0 Å². The van der Waals surface area contributed by atoms with Gasteiger partial charge >= 0.3 is 11.6 Å². The van der Waals surface area contributed by atoms with E-state index in [4.69, 9.17) is 9.88 Å². The van der Waals surface area contributed by atoms with Gasteiger partial charge in [-0.15, -0.1) is 11.8 Å². The zero-order valence-corrected chi connectivity index (χ0v) is 24.4. The molecule has 0 spiro atoms. The van der Waals surface area contributed by atoms with Crippen molar-refractivity contribution in [3.63, 3.8) is 0 Å². The summed E-state index contributed by atoms with van der Waals surface area (Å²) in [4.78, 5) is 14.6. The molecule has 3 N–H and O–H groups in total. The summed E-state index contributed by atoms with van der Waals surface area (Å²) >= 11 is 1.43. The highest BCUT2D eigenvalue weighted by molar-refractivity contribution is 7.99. The first kappa shape index (κ1) is 32.7. The Hall–Kier alpha value is -2.79. The Labute approximate surface area is 241 Å². The van der Waals surface area contributed by atoms with E-state index in [-0.39, 0.29) is 12.3 Å². The Morgan fingerprint density at radius 3 is 2.34 bits per heavy atom. The number of alkyl halides is 3. The summed E-state index contributed by atoms with van der Waals surface area (Å²) < 4.78 is 94.0. The fraction of sp³-hybridized carbons (Fsp3) is 0.400. The summed E-state index contributed by atoms with van der Waals surface area (Å²) in [5.74, 6) is 0.361. The largest absolute Gasteiger partial charge is 0.501 e. The summed E-state index contributed by atoms with van der Waals surface area (Å²) in [6, 6.07) is 11.1. The quantitative estimate of drug-likeness (QED) is 0.265. The van der Waals surface area contributed by atoms with Crippen molar-refractivity contribution >= 4 is 43.4 Å². The highest BCUT2D eigenvalue weighted by Gasteiger charge is 2.48. The molecule has 0 aliphatic carbocycles. The van der Waals surface area contributed by atoms with E-state index in [1.54, 1.807) is 4.90 Å². The Kier molecular flexibility index (Phi) is 11.1. The molecule has 1 saturated heterocycles. The molecule has 226 valence electrons. The SMILES string of the molecule is C=CCOC(=O)N1CCN(CC[C@H](CSc2ccccc2)Nc2ccc(S(N)(=O)=O)cc2S(=O)(=O)C(F)(F)F)CC1. The molecule has 2 aromatic carbocycles. The Morgan fingerprint density at radius 2 is 1.76 bits per heavy atom. The lowest BCUT2D eigenvalue weighted by Gasteiger charge is -2.35. The molecular weight excluding hydrogens is 605 g/mol. The van der Waals surface area contributed by atoms with Crippen LogP contribution < -0.4 is 10.5 Å². The molecule has 1 aliphatic rings. The van der Waals surface area contributed by atoms with Crippen LogP contribution in [0.25, 0.3) is 0 Å². The molecule has 1 aliphatic heterocycles. The molecule has 16 heteroatoms. The second kappa shape index (κ2) is 13.9. The number of carbonyl (C=O) groups excluding carboxylic acids is 1. The summed E-state index contributed by atoms with van der Waals surface area (Å²) in [6.07, 6.45) is 1.44. The maximum Gasteiger partial charge on any atom is 0.501 e. The third-order valence-electron chi connectivity index (χ3n) is 6.18. The number of ether oxygens (including phenoxy) is 1. The van der Waals surface area contributed by atoms with E-state index < -0.39 is 47.3 Å². The number of sulfone groups is 1. The van der Waals surface area contributed by atoms with Crippen LogP contribution in [0.15, 0.2) is 75.9 Å². The maximum atomic E-state index is 13.5. The standard InChI is InChI=1S/C25H31F3N4O6S3/c1-2-16-38-24(33)32-14-12-31(13-15-32)11-10-19(18-39-20-6-4-3-5-7-20)30-22-9-8-21(41(29,36)37)17-23(22)40(34,35)25(26,27)28/h2-9,17,19,30H,1,10-16,18H2,(H2,29,36,37)/t19-/m1/s1. The van der Waals surface area contributed by atoms with Crippen LogP contribution in [-0.2, 0) is 24.6 Å². The molecular formula is C25H31F3N4O6S3. The lowest BCUT2D eigenvalue weighted by atomic mass is 10.2. The first-order chi connectivity index (χ1) is 19.2. The lowest BCUT2D eigenvalue weighted by Crippen LogP contribution is -2.49. The minimum Gasteiger partial charge on any atom is -0.445 e. The van der Waals surface area contributed by atoms with Crippen molar-refractivity contribution in [2.75, 3.05) is 50.4 Å². The number of rotatable bonds is 12. The minimum atomic E-state index is -5.91. The van der Waals surface area contributed by atoms with E-state index in [0.29, 0.717) is 51.0 Å². The van der Waals surface area contributed by atoms with Crippen LogP contribution >= 0.6 is 11.8 Å². The van der Waals surface area contributed by atoms with Gasteiger partial charge in [0, 0.05) is 49.4 Å². The third kappa shape index (κ3) is 9.10. The highest BCUT2D eigenvalue weighted by Crippen LogP contribution is 2.36. The summed E-state index contributed by atoms with van der Waals surface area (Å²) in [5.41, 5.74) is -6.05. The minimum absolute atomic E-state index is 0.107. The van der Waals surface area contributed by atoms with Crippen molar-refractivity contribution in [3.05, 3.63) is 61.2 Å². The second-order valence-electron chi connectivity index (χ2n) is 9.10. The van der Waals surface area contributed by atoms with Crippen LogP contribution in [0, 0.1) is 0 Å². The number of nitrogens with one attached hydrogen (secondary N) is 1. The molecule has 1 amide bonds. The van der Waals surface area contributed by atoms with E-state index in [1.165, 1.54) is 17.8 Å². The van der Waals surface area contributed by atoms with Crippen molar-refractivity contribution in [1.82, 2.24) is 9.80 Å². The molecule has 1 atom stereocenters. The molecule has 10 nitrogen and oxygen atoms in total. The van der Waals surface area contributed by atoms with Crippen LogP contribution in [0.5, 0.6) is 0 Å². The number of sulfonamides is 1. The van der Waals surface area contributed by atoms with E-state index in [1.807, 2.05) is 30.3 Å². The maximum absolute atomic E-state index is 13.5. The molecule has 41 heavy (non-hydrogen) atoms. The zero-order chi connectivity index (χ0) is 30.3. The fourth-order valence-corrected chi connectivity index (χ4v) is 6.55. The molecule has 0 bridgehead atoms. The topological polar surface area (TPSA) is 139 Å². The van der Waals surface area contributed by atoms with E-state index >= 15 is 0 Å². The summed E-state index contributed by atoms with van der Waals surface area (Å²) in [6.45, 7) is 6.05. The molecule has 0 unspecified atom stereocenters. The second-order valence-corrected chi connectivity index (χ2v) is 13.7. The van der Waals surface area contributed by atoms with Gasteiger partial charge in [-0.2, -0.15) is 13.2 Å². The average Bonchev–Trinajstić information content (AvgIpc) is 2.92. The Morgan fingerprint density at radius 1 is 1.10 bits per heavy atom. The number of primary sulfonamides is 1. The van der Waals surface area contributed by atoms with E-state index in [2.05, 4.69) is 16.8 Å². The molecule has 1 heterocycles. The summed E-state index contributed by atoms with van der Waals surface area (Å²) in [7, 11) is -10.4. The van der Waals surface area contributed by atoms with E-state index in [0.717, 1.165) is 17.0 Å². The van der Waals surface area contributed by atoms with Crippen LogP contribution in [0.3, 0.4) is 0 Å². The van der Waals surface area contributed by atoms with Crippen molar-refractivity contribution < 1.29 is 39.5 Å². The van der Waals surface area contributed by atoms with Crippen LogP contribution in [0.2, 0.25) is 0 Å². The first-order valence-electron chi connectivity index (χ1n) is 12.4. The average molecular weight is 637 g/mol. The number of nitrogens with two attached hydrogens (primary N) is 1. The molecule has 0 saturated carbocycles. The van der Waals surface area contributed by atoms with Gasteiger partial charge in [0.25, 0.3) is 9.84 Å². The van der Waals surface area contributed by atoms with Gasteiger partial charge in [0.15, 0.2) is 0 Å². The monoisotopic (exact) mass is 636 g/mol. The Balaban J connectivity index is 1.81. The predicted molar refractivity (Wildman–Crippen MR) is 150 cm³/mol. The van der Waals surface area contributed by atoms with Crippen molar-refractivity contribution in [1.29, 1.82) is 0 Å². The van der Waals surface area contributed by atoms with Crippen molar-refractivity contribution in [2.45, 2.75) is 32.7 Å². The molecule has 0 aromatic heterocycles. The number of amides is 1. The van der Waals surface area contributed by atoms with Crippen LogP contribution in [0.1, 0.15) is 6.42 Å². The highest BCUT2D eigenvalue weighted by atomic mass is 32.2. The normalized spacial score (nSPS) is 15.8. The molecule has 1 fully saturated rings. The van der Waals surface area contributed by atoms with Gasteiger partial charge in [-0.25, -0.2) is 26.8 Å². The fourth-order valence-electron chi connectivity index (χ4n) is 3.99.